The Labute approximate surface area is 172 Å². The van der Waals surface area contributed by atoms with E-state index in [-0.39, 0.29) is 17.6 Å². The number of Topliss-reactive ketones (excluding diaryl/α,β-unsaturated/α-hetero) is 1. The molecular formula is C23H20N4O3. The summed E-state index contributed by atoms with van der Waals surface area (Å²) < 4.78 is 0. The van der Waals surface area contributed by atoms with Crippen molar-refractivity contribution in [1.29, 1.82) is 0 Å². The SMILES string of the molecule is CC(=O)Nc1ccc2[nH]c(C(=O)N3CCc4c3ccc3[nH]c(C(C)=O)cc43)cc2c1. The van der Waals surface area contributed by atoms with E-state index >= 15 is 0 Å². The maximum Gasteiger partial charge on any atom is 0.274 e. The first-order valence-corrected chi connectivity index (χ1v) is 9.78. The molecule has 0 spiro atoms. The third-order valence-electron chi connectivity index (χ3n) is 5.56. The van der Waals surface area contributed by atoms with E-state index in [1.165, 1.54) is 13.8 Å². The van der Waals surface area contributed by atoms with Crippen LogP contribution in [-0.4, -0.2) is 34.1 Å². The van der Waals surface area contributed by atoms with Crippen molar-refractivity contribution in [3.05, 3.63) is 59.4 Å². The standard InChI is InChI=1S/C23H20N4O3/c1-12(28)20-11-17-16-7-8-27(22(16)6-5-19(17)26-20)23(30)21-10-14-9-15(24-13(2)29)3-4-18(14)25-21/h3-6,9-11,25-26H,7-8H2,1-2H3,(H,24,29). The van der Waals surface area contributed by atoms with Crippen molar-refractivity contribution in [2.75, 3.05) is 16.8 Å². The number of carbonyl (C=O) groups excluding carboxylic acids is 3. The number of hydrogen-bond acceptors (Lipinski definition) is 3. The molecule has 0 aliphatic carbocycles. The van der Waals surface area contributed by atoms with Crippen molar-refractivity contribution in [2.45, 2.75) is 20.3 Å². The summed E-state index contributed by atoms with van der Waals surface area (Å²) in [4.78, 5) is 44.4. The molecule has 3 N–H and O–H groups in total. The number of rotatable bonds is 3. The number of ketones is 1. The molecule has 4 aromatic rings. The van der Waals surface area contributed by atoms with Gasteiger partial charge in [-0.3, -0.25) is 14.4 Å². The minimum Gasteiger partial charge on any atom is -0.352 e. The monoisotopic (exact) mass is 400 g/mol. The van der Waals surface area contributed by atoms with Crippen LogP contribution in [0.5, 0.6) is 0 Å². The Morgan fingerprint density at radius 3 is 2.47 bits per heavy atom. The second-order valence-corrected chi connectivity index (χ2v) is 7.64. The number of benzene rings is 2. The highest BCUT2D eigenvalue weighted by molar-refractivity contribution is 6.11. The van der Waals surface area contributed by atoms with E-state index in [1.807, 2.05) is 36.4 Å². The van der Waals surface area contributed by atoms with Crippen LogP contribution < -0.4 is 10.2 Å². The highest BCUT2D eigenvalue weighted by atomic mass is 16.2. The molecular weight excluding hydrogens is 380 g/mol. The summed E-state index contributed by atoms with van der Waals surface area (Å²) in [5.41, 5.74) is 5.46. The Morgan fingerprint density at radius 2 is 1.70 bits per heavy atom. The van der Waals surface area contributed by atoms with Crippen LogP contribution >= 0.6 is 0 Å². The molecule has 0 saturated carbocycles. The van der Waals surface area contributed by atoms with Crippen LogP contribution in [-0.2, 0) is 11.2 Å². The molecule has 0 fully saturated rings. The quantitative estimate of drug-likeness (QED) is 0.453. The predicted octanol–water partition coefficient (Wildman–Crippen LogP) is 4.01. The second-order valence-electron chi connectivity index (χ2n) is 7.64. The summed E-state index contributed by atoms with van der Waals surface area (Å²) in [6.45, 7) is 3.58. The first-order chi connectivity index (χ1) is 14.4. The molecule has 7 heteroatoms. The van der Waals surface area contributed by atoms with E-state index < -0.39 is 0 Å². The third-order valence-corrected chi connectivity index (χ3v) is 5.56. The number of aromatic nitrogens is 2. The molecule has 5 rings (SSSR count). The molecule has 0 bridgehead atoms. The molecule has 30 heavy (non-hydrogen) atoms. The van der Waals surface area contributed by atoms with E-state index in [4.69, 9.17) is 0 Å². The molecule has 0 radical (unpaired) electrons. The summed E-state index contributed by atoms with van der Waals surface area (Å²) in [7, 11) is 0. The maximum atomic E-state index is 13.3. The largest absolute Gasteiger partial charge is 0.352 e. The first kappa shape index (κ1) is 18.2. The topological polar surface area (TPSA) is 98.1 Å². The fourth-order valence-corrected chi connectivity index (χ4v) is 4.19. The van der Waals surface area contributed by atoms with Gasteiger partial charge in [0.05, 0.1) is 5.69 Å². The molecule has 0 atom stereocenters. The Morgan fingerprint density at radius 1 is 0.933 bits per heavy atom. The van der Waals surface area contributed by atoms with Crippen molar-refractivity contribution in [3.8, 4) is 0 Å². The average Bonchev–Trinajstić information content (AvgIpc) is 3.41. The van der Waals surface area contributed by atoms with Crippen molar-refractivity contribution < 1.29 is 14.4 Å². The Bertz CT molecular complexity index is 1360. The van der Waals surface area contributed by atoms with Gasteiger partial charge < -0.3 is 20.2 Å². The van der Waals surface area contributed by atoms with Crippen LogP contribution in [0.1, 0.15) is 40.4 Å². The molecule has 2 aromatic carbocycles. The number of amides is 2. The Kier molecular flexibility index (Phi) is 3.99. The zero-order chi connectivity index (χ0) is 21.0. The van der Waals surface area contributed by atoms with Gasteiger partial charge >= 0.3 is 0 Å². The average molecular weight is 400 g/mol. The molecule has 0 saturated heterocycles. The minimum atomic E-state index is -0.140. The molecule has 7 nitrogen and oxygen atoms in total. The van der Waals surface area contributed by atoms with Crippen molar-refractivity contribution >= 4 is 50.8 Å². The summed E-state index contributed by atoms with van der Waals surface area (Å²) >= 11 is 0. The molecule has 150 valence electrons. The normalized spacial score (nSPS) is 13.1. The molecule has 3 heterocycles. The van der Waals surface area contributed by atoms with Crippen LogP contribution in [0, 0.1) is 0 Å². The van der Waals surface area contributed by atoms with E-state index in [1.54, 1.807) is 11.0 Å². The third kappa shape index (κ3) is 2.86. The first-order valence-electron chi connectivity index (χ1n) is 9.78. The fourth-order valence-electron chi connectivity index (χ4n) is 4.19. The summed E-state index contributed by atoms with van der Waals surface area (Å²) in [6.07, 6.45) is 0.737. The number of hydrogen-bond donors (Lipinski definition) is 3. The zero-order valence-corrected chi connectivity index (χ0v) is 16.6. The van der Waals surface area contributed by atoms with Gasteiger partial charge in [-0.25, -0.2) is 0 Å². The van der Waals surface area contributed by atoms with Crippen LogP contribution in [0.3, 0.4) is 0 Å². The van der Waals surface area contributed by atoms with E-state index in [2.05, 4.69) is 15.3 Å². The number of anilines is 2. The molecule has 1 aliphatic heterocycles. The van der Waals surface area contributed by atoms with Gasteiger partial charge in [0.1, 0.15) is 5.69 Å². The number of carbonyl (C=O) groups is 3. The van der Waals surface area contributed by atoms with Gasteiger partial charge in [0, 0.05) is 53.6 Å². The summed E-state index contributed by atoms with van der Waals surface area (Å²) in [6, 6.07) is 13.0. The highest BCUT2D eigenvalue weighted by Crippen LogP contribution is 2.36. The number of nitrogens with zero attached hydrogens (tertiary/aromatic N) is 1. The van der Waals surface area contributed by atoms with E-state index in [0.29, 0.717) is 23.6 Å². The van der Waals surface area contributed by atoms with Gasteiger partial charge in [0.25, 0.3) is 5.91 Å². The number of fused-ring (bicyclic) bond motifs is 4. The predicted molar refractivity (Wildman–Crippen MR) is 116 cm³/mol. The van der Waals surface area contributed by atoms with Gasteiger partial charge in [-0.1, -0.05) is 0 Å². The van der Waals surface area contributed by atoms with Gasteiger partial charge in [-0.2, -0.15) is 0 Å². The molecule has 2 amide bonds. The number of nitrogens with one attached hydrogen (secondary N) is 3. The Hall–Kier alpha value is -3.87. The van der Waals surface area contributed by atoms with Crippen LogP contribution in [0.4, 0.5) is 11.4 Å². The Balaban J connectivity index is 1.50. The number of aromatic amines is 2. The van der Waals surface area contributed by atoms with Crippen molar-refractivity contribution in [2.24, 2.45) is 0 Å². The van der Waals surface area contributed by atoms with E-state index in [0.717, 1.165) is 39.5 Å². The summed E-state index contributed by atoms with van der Waals surface area (Å²) in [5.74, 6) is -0.255. The lowest BCUT2D eigenvalue weighted by atomic mass is 10.1. The van der Waals surface area contributed by atoms with Crippen molar-refractivity contribution in [1.82, 2.24) is 9.97 Å². The van der Waals surface area contributed by atoms with Crippen LogP contribution in [0.25, 0.3) is 21.8 Å². The lowest BCUT2D eigenvalue weighted by molar-refractivity contribution is -0.114. The lowest BCUT2D eigenvalue weighted by Gasteiger charge is -2.16. The highest BCUT2D eigenvalue weighted by Gasteiger charge is 2.28. The van der Waals surface area contributed by atoms with Crippen molar-refractivity contribution in [3.63, 3.8) is 0 Å². The number of H-pyrrole nitrogens is 2. The van der Waals surface area contributed by atoms with Crippen LogP contribution in [0.15, 0.2) is 42.5 Å². The van der Waals surface area contributed by atoms with Gasteiger partial charge in [-0.05, 0) is 54.4 Å². The lowest BCUT2D eigenvalue weighted by Crippen LogP contribution is -2.29. The minimum absolute atomic E-state index is 0.0115. The maximum absolute atomic E-state index is 13.3. The molecule has 1 aliphatic rings. The zero-order valence-electron chi connectivity index (χ0n) is 16.6. The smallest absolute Gasteiger partial charge is 0.274 e. The van der Waals surface area contributed by atoms with Gasteiger partial charge in [0.15, 0.2) is 5.78 Å². The van der Waals surface area contributed by atoms with Crippen LogP contribution in [0.2, 0.25) is 0 Å². The van der Waals surface area contributed by atoms with E-state index in [9.17, 15) is 14.4 Å². The van der Waals surface area contributed by atoms with Gasteiger partial charge in [-0.15, -0.1) is 0 Å². The fraction of sp³-hybridized carbons (Fsp3) is 0.174. The van der Waals surface area contributed by atoms with Gasteiger partial charge in [0.2, 0.25) is 5.91 Å². The molecule has 2 aromatic heterocycles. The second kappa shape index (κ2) is 6.59. The molecule has 0 unspecified atom stereocenters. The summed E-state index contributed by atoms with van der Waals surface area (Å²) in [5, 5.41) is 4.60.